The molecule has 0 saturated carbocycles. The molecular weight excluding hydrogens is 217 g/mol. The lowest BCUT2D eigenvalue weighted by atomic mass is 9.89. The smallest absolute Gasteiger partial charge is 0.127 e. The number of hydrogen-bond donors (Lipinski definition) is 1. The lowest BCUT2D eigenvalue weighted by Crippen LogP contribution is -2.35. The Kier molecular flexibility index (Phi) is 3.67. The maximum Gasteiger partial charge on any atom is 0.127 e. The molecule has 0 saturated heterocycles. The van der Waals surface area contributed by atoms with Crippen molar-refractivity contribution in [3.05, 3.63) is 29.6 Å². The van der Waals surface area contributed by atoms with E-state index in [2.05, 4.69) is 19.2 Å². The third-order valence-electron chi connectivity index (χ3n) is 3.72. The summed E-state index contributed by atoms with van der Waals surface area (Å²) in [6, 6.07) is 5.07. The first kappa shape index (κ1) is 12.4. The SMILES string of the molecule is CCC(C)C1CC(NC)c2ccc(F)cc2O1. The monoisotopic (exact) mass is 237 g/mol. The highest BCUT2D eigenvalue weighted by atomic mass is 19.1. The molecule has 0 radical (unpaired) electrons. The molecule has 1 aromatic carbocycles. The van der Waals surface area contributed by atoms with E-state index < -0.39 is 0 Å². The molecule has 2 rings (SSSR count). The molecule has 0 spiro atoms. The van der Waals surface area contributed by atoms with Gasteiger partial charge in [-0.1, -0.05) is 26.3 Å². The van der Waals surface area contributed by atoms with Crippen LogP contribution in [-0.4, -0.2) is 13.2 Å². The molecule has 1 heterocycles. The van der Waals surface area contributed by atoms with Crippen molar-refractivity contribution >= 4 is 0 Å². The fraction of sp³-hybridized carbons (Fsp3) is 0.571. The van der Waals surface area contributed by atoms with E-state index >= 15 is 0 Å². The minimum Gasteiger partial charge on any atom is -0.490 e. The largest absolute Gasteiger partial charge is 0.490 e. The Bertz CT molecular complexity index is 394. The second kappa shape index (κ2) is 5.05. The predicted octanol–water partition coefficient (Wildman–Crippen LogP) is 3.28. The fourth-order valence-corrected chi connectivity index (χ4v) is 2.35. The molecule has 0 fully saturated rings. The van der Waals surface area contributed by atoms with E-state index in [0.29, 0.717) is 11.7 Å². The first-order valence-electron chi connectivity index (χ1n) is 6.29. The van der Waals surface area contributed by atoms with Gasteiger partial charge < -0.3 is 10.1 Å². The molecule has 1 aliphatic heterocycles. The molecule has 3 unspecified atom stereocenters. The van der Waals surface area contributed by atoms with Crippen molar-refractivity contribution in [2.45, 2.75) is 38.8 Å². The standard InChI is InChI=1S/C14H20FNO/c1-4-9(2)13-8-12(16-3)11-6-5-10(15)7-14(11)17-13/h5-7,9,12-13,16H,4,8H2,1-3H3. The number of ether oxygens (including phenoxy) is 1. The van der Waals surface area contributed by atoms with Gasteiger partial charge >= 0.3 is 0 Å². The van der Waals surface area contributed by atoms with E-state index in [4.69, 9.17) is 4.74 Å². The maximum atomic E-state index is 13.2. The van der Waals surface area contributed by atoms with Crippen molar-refractivity contribution in [3.63, 3.8) is 0 Å². The van der Waals surface area contributed by atoms with Crippen LogP contribution in [0.25, 0.3) is 0 Å². The summed E-state index contributed by atoms with van der Waals surface area (Å²) in [6.07, 6.45) is 2.20. The normalized spacial score (nSPS) is 24.9. The molecule has 94 valence electrons. The summed E-state index contributed by atoms with van der Waals surface area (Å²) >= 11 is 0. The van der Waals surface area contributed by atoms with Crippen LogP contribution >= 0.6 is 0 Å². The summed E-state index contributed by atoms with van der Waals surface area (Å²) in [6.45, 7) is 4.34. The Labute approximate surface area is 102 Å². The van der Waals surface area contributed by atoms with Gasteiger partial charge in [0.1, 0.15) is 17.7 Å². The molecule has 2 nitrogen and oxygen atoms in total. The molecule has 17 heavy (non-hydrogen) atoms. The van der Waals surface area contributed by atoms with Crippen LogP contribution in [0.3, 0.4) is 0 Å². The lowest BCUT2D eigenvalue weighted by Gasteiger charge is -2.35. The van der Waals surface area contributed by atoms with Crippen LogP contribution < -0.4 is 10.1 Å². The van der Waals surface area contributed by atoms with Crippen molar-refractivity contribution in [2.24, 2.45) is 5.92 Å². The van der Waals surface area contributed by atoms with E-state index in [0.717, 1.165) is 18.4 Å². The molecular formula is C14H20FNO. The Morgan fingerprint density at radius 1 is 1.53 bits per heavy atom. The van der Waals surface area contributed by atoms with E-state index in [1.54, 1.807) is 0 Å². The van der Waals surface area contributed by atoms with E-state index in [1.807, 2.05) is 13.1 Å². The first-order chi connectivity index (χ1) is 8.15. The van der Waals surface area contributed by atoms with Gasteiger partial charge in [-0.15, -0.1) is 0 Å². The van der Waals surface area contributed by atoms with Crippen LogP contribution in [0.2, 0.25) is 0 Å². The molecule has 1 N–H and O–H groups in total. The van der Waals surface area contributed by atoms with Gasteiger partial charge in [0.25, 0.3) is 0 Å². The number of rotatable bonds is 3. The second-order valence-electron chi connectivity index (χ2n) is 4.80. The topological polar surface area (TPSA) is 21.3 Å². The average molecular weight is 237 g/mol. The number of hydrogen-bond acceptors (Lipinski definition) is 2. The zero-order valence-corrected chi connectivity index (χ0v) is 10.7. The quantitative estimate of drug-likeness (QED) is 0.871. The summed E-state index contributed by atoms with van der Waals surface area (Å²) in [4.78, 5) is 0. The fourth-order valence-electron chi connectivity index (χ4n) is 2.35. The molecule has 0 aromatic heterocycles. The number of nitrogens with one attached hydrogen (secondary N) is 1. The van der Waals surface area contributed by atoms with E-state index in [-0.39, 0.29) is 18.0 Å². The molecule has 3 atom stereocenters. The van der Waals surface area contributed by atoms with Crippen molar-refractivity contribution in [1.82, 2.24) is 5.32 Å². The summed E-state index contributed by atoms with van der Waals surface area (Å²) in [5, 5.41) is 3.29. The van der Waals surface area contributed by atoms with Crippen LogP contribution in [0.15, 0.2) is 18.2 Å². The van der Waals surface area contributed by atoms with Crippen molar-refractivity contribution < 1.29 is 9.13 Å². The summed E-state index contributed by atoms with van der Waals surface area (Å²) < 4.78 is 19.2. The number of halogens is 1. The van der Waals surface area contributed by atoms with Gasteiger partial charge in [0.05, 0.1) is 0 Å². The molecule has 0 bridgehead atoms. The van der Waals surface area contributed by atoms with Crippen LogP contribution in [0.1, 0.15) is 38.3 Å². The van der Waals surface area contributed by atoms with Gasteiger partial charge in [0, 0.05) is 24.1 Å². The highest BCUT2D eigenvalue weighted by molar-refractivity contribution is 5.38. The minimum atomic E-state index is -0.233. The third kappa shape index (κ3) is 2.44. The van der Waals surface area contributed by atoms with Gasteiger partial charge in [-0.05, 0) is 19.0 Å². The number of benzene rings is 1. The number of fused-ring (bicyclic) bond motifs is 1. The van der Waals surface area contributed by atoms with Gasteiger partial charge in [-0.3, -0.25) is 0 Å². The zero-order valence-electron chi connectivity index (χ0n) is 10.7. The third-order valence-corrected chi connectivity index (χ3v) is 3.72. The minimum absolute atomic E-state index is 0.173. The van der Waals surface area contributed by atoms with Crippen molar-refractivity contribution in [3.8, 4) is 5.75 Å². The van der Waals surface area contributed by atoms with Gasteiger partial charge in [0.2, 0.25) is 0 Å². The van der Waals surface area contributed by atoms with Crippen molar-refractivity contribution in [2.75, 3.05) is 7.05 Å². The molecule has 1 aromatic rings. The zero-order chi connectivity index (χ0) is 12.4. The van der Waals surface area contributed by atoms with Gasteiger partial charge in [-0.25, -0.2) is 4.39 Å². The van der Waals surface area contributed by atoms with E-state index in [1.165, 1.54) is 12.1 Å². The maximum absolute atomic E-state index is 13.2. The van der Waals surface area contributed by atoms with Crippen LogP contribution in [0, 0.1) is 11.7 Å². The van der Waals surface area contributed by atoms with Crippen LogP contribution in [-0.2, 0) is 0 Å². The Morgan fingerprint density at radius 3 is 2.94 bits per heavy atom. The second-order valence-corrected chi connectivity index (χ2v) is 4.80. The van der Waals surface area contributed by atoms with Crippen LogP contribution in [0.5, 0.6) is 5.75 Å². The summed E-state index contributed by atoms with van der Waals surface area (Å²) in [7, 11) is 1.94. The Balaban J connectivity index is 2.30. The summed E-state index contributed by atoms with van der Waals surface area (Å²) in [5.74, 6) is 0.951. The molecule has 3 heteroatoms. The van der Waals surface area contributed by atoms with E-state index in [9.17, 15) is 4.39 Å². The molecule has 0 amide bonds. The predicted molar refractivity (Wildman–Crippen MR) is 66.7 cm³/mol. The highest BCUT2D eigenvalue weighted by Gasteiger charge is 2.30. The van der Waals surface area contributed by atoms with Gasteiger partial charge in [0.15, 0.2) is 0 Å². The summed E-state index contributed by atoms with van der Waals surface area (Å²) in [5.41, 5.74) is 1.06. The Hall–Kier alpha value is -1.09. The lowest BCUT2D eigenvalue weighted by molar-refractivity contribution is 0.0990. The Morgan fingerprint density at radius 2 is 2.29 bits per heavy atom. The first-order valence-corrected chi connectivity index (χ1v) is 6.29. The van der Waals surface area contributed by atoms with Crippen LogP contribution in [0.4, 0.5) is 4.39 Å². The molecule has 1 aliphatic rings. The molecule has 0 aliphatic carbocycles. The average Bonchev–Trinajstić information content (AvgIpc) is 2.35. The van der Waals surface area contributed by atoms with Crippen molar-refractivity contribution in [1.29, 1.82) is 0 Å². The highest BCUT2D eigenvalue weighted by Crippen LogP contribution is 2.37. The van der Waals surface area contributed by atoms with Gasteiger partial charge in [-0.2, -0.15) is 0 Å².